The molecule has 2 aromatic rings. The second-order valence-corrected chi connectivity index (χ2v) is 9.06. The summed E-state index contributed by atoms with van der Waals surface area (Å²) in [4.78, 5) is 20.4. The minimum absolute atomic E-state index is 0.300. The van der Waals surface area contributed by atoms with Crippen LogP contribution in [0.15, 0.2) is 36.7 Å². The normalized spacial score (nSPS) is 21.1. The number of benzene rings is 1. The molecule has 0 bridgehead atoms. The lowest BCUT2D eigenvalue weighted by Gasteiger charge is -2.23. The molecule has 0 radical (unpaired) electrons. The summed E-state index contributed by atoms with van der Waals surface area (Å²) in [6, 6.07) is 6.79. The molecule has 2 atom stereocenters. The summed E-state index contributed by atoms with van der Waals surface area (Å²) in [7, 11) is 0. The number of hydrogen-bond donors (Lipinski definition) is 1. The summed E-state index contributed by atoms with van der Waals surface area (Å²) in [6.45, 7) is 6.45. The van der Waals surface area contributed by atoms with Crippen LogP contribution in [-0.2, 0) is 6.18 Å². The second-order valence-electron chi connectivity index (χ2n) is 8.65. The number of carbonyl (C=O) groups is 1. The number of aromatic nitrogens is 1. The Balaban J connectivity index is 1.25. The number of likely N-dealkylation sites (tertiary alicyclic amines) is 2. The number of hydrogen-bond acceptors (Lipinski definition) is 4. The molecule has 9 heteroatoms. The van der Waals surface area contributed by atoms with E-state index in [1.165, 1.54) is 0 Å². The van der Waals surface area contributed by atoms with E-state index in [2.05, 4.69) is 15.2 Å². The number of rotatable bonds is 6. The van der Waals surface area contributed by atoms with Crippen molar-refractivity contribution in [2.24, 2.45) is 11.8 Å². The molecule has 5 nitrogen and oxygen atoms in total. The summed E-state index contributed by atoms with van der Waals surface area (Å²) in [6.07, 6.45) is -1.51. The molecule has 172 valence electrons. The third-order valence-electron chi connectivity index (χ3n) is 6.36. The Morgan fingerprint density at radius 2 is 1.91 bits per heavy atom. The number of amides is 1. The van der Waals surface area contributed by atoms with Crippen molar-refractivity contribution in [1.82, 2.24) is 14.8 Å². The quantitative estimate of drug-likeness (QED) is 0.634. The van der Waals surface area contributed by atoms with Crippen LogP contribution >= 0.6 is 11.6 Å². The second kappa shape index (κ2) is 9.27. The molecule has 2 aliphatic heterocycles. The van der Waals surface area contributed by atoms with Crippen LogP contribution in [0.1, 0.15) is 27.9 Å². The van der Waals surface area contributed by atoms with Crippen molar-refractivity contribution < 1.29 is 18.0 Å². The first-order valence-electron chi connectivity index (χ1n) is 10.7. The fraction of sp³-hybridized carbons (Fsp3) is 0.478. The Labute approximate surface area is 190 Å². The highest BCUT2D eigenvalue weighted by Gasteiger charge is 2.43. The lowest BCUT2D eigenvalue weighted by molar-refractivity contribution is -0.138. The van der Waals surface area contributed by atoms with Gasteiger partial charge in [-0.15, -0.1) is 0 Å². The molecule has 2 saturated heterocycles. The van der Waals surface area contributed by atoms with Crippen molar-refractivity contribution in [3.8, 4) is 0 Å². The van der Waals surface area contributed by atoms with E-state index in [0.717, 1.165) is 67.3 Å². The maximum Gasteiger partial charge on any atom is 0.417 e. The zero-order valence-corrected chi connectivity index (χ0v) is 18.6. The van der Waals surface area contributed by atoms with Crippen molar-refractivity contribution in [3.05, 3.63) is 58.4 Å². The third kappa shape index (κ3) is 5.02. The van der Waals surface area contributed by atoms with Gasteiger partial charge in [-0.05, 0) is 55.5 Å². The fourth-order valence-corrected chi connectivity index (χ4v) is 4.84. The molecule has 2 aliphatic rings. The Morgan fingerprint density at radius 1 is 1.19 bits per heavy atom. The van der Waals surface area contributed by atoms with Gasteiger partial charge in [-0.2, -0.15) is 13.2 Å². The number of carbonyl (C=O) groups excluding carboxylic acids is 1. The number of alkyl halides is 3. The molecule has 1 aromatic heterocycles. The van der Waals surface area contributed by atoms with Crippen LogP contribution in [0.3, 0.4) is 0 Å². The van der Waals surface area contributed by atoms with Gasteiger partial charge < -0.3 is 15.1 Å². The van der Waals surface area contributed by atoms with Crippen LogP contribution < -0.4 is 5.32 Å². The molecule has 0 aliphatic carbocycles. The van der Waals surface area contributed by atoms with Crippen LogP contribution in [0.25, 0.3) is 0 Å². The van der Waals surface area contributed by atoms with E-state index in [1.54, 1.807) is 4.90 Å². The minimum atomic E-state index is -4.57. The van der Waals surface area contributed by atoms with Gasteiger partial charge in [0, 0.05) is 55.8 Å². The first-order chi connectivity index (χ1) is 15.2. The predicted molar refractivity (Wildman–Crippen MR) is 118 cm³/mol. The number of halogens is 4. The maximum absolute atomic E-state index is 13.3. The topological polar surface area (TPSA) is 48.5 Å². The lowest BCUT2D eigenvalue weighted by Crippen LogP contribution is -2.34. The molecule has 0 spiro atoms. The molecular weight excluding hydrogens is 441 g/mol. The van der Waals surface area contributed by atoms with E-state index in [4.69, 9.17) is 11.6 Å². The zero-order valence-electron chi connectivity index (χ0n) is 17.8. The number of aryl methyl sites for hydroxylation is 1. The zero-order chi connectivity index (χ0) is 22.9. The van der Waals surface area contributed by atoms with Crippen LogP contribution in [0.4, 0.5) is 18.9 Å². The maximum atomic E-state index is 13.3. The summed E-state index contributed by atoms with van der Waals surface area (Å²) in [5.74, 6) is 0.0231. The molecular formula is C23H26ClF3N4O. The van der Waals surface area contributed by atoms with Gasteiger partial charge in [0.1, 0.15) is 0 Å². The molecule has 4 rings (SSSR count). The first-order valence-corrected chi connectivity index (χ1v) is 11.1. The SMILES string of the molecule is Cc1ccc(NCCCN2CC3CN(C(=O)c4cnccc4C(F)(F)F)CC3C2)cc1Cl. The van der Waals surface area contributed by atoms with Crippen molar-refractivity contribution >= 4 is 23.2 Å². The van der Waals surface area contributed by atoms with Crippen LogP contribution in [0.5, 0.6) is 0 Å². The van der Waals surface area contributed by atoms with Crippen molar-refractivity contribution in [2.45, 2.75) is 19.5 Å². The monoisotopic (exact) mass is 466 g/mol. The van der Waals surface area contributed by atoms with Gasteiger partial charge in [0.2, 0.25) is 0 Å². The molecule has 2 unspecified atom stereocenters. The molecule has 2 fully saturated rings. The van der Waals surface area contributed by atoms with Crippen molar-refractivity contribution in [2.75, 3.05) is 44.6 Å². The molecule has 0 saturated carbocycles. The Morgan fingerprint density at radius 3 is 2.56 bits per heavy atom. The van der Waals surface area contributed by atoms with Crippen LogP contribution in [-0.4, -0.2) is 60.0 Å². The molecule has 1 N–H and O–H groups in total. The molecule has 1 aromatic carbocycles. The highest BCUT2D eigenvalue weighted by atomic mass is 35.5. The van der Waals surface area contributed by atoms with Crippen molar-refractivity contribution in [3.63, 3.8) is 0 Å². The van der Waals surface area contributed by atoms with E-state index in [9.17, 15) is 18.0 Å². The number of nitrogens with one attached hydrogen (secondary N) is 1. The van der Waals surface area contributed by atoms with Gasteiger partial charge in [-0.3, -0.25) is 9.78 Å². The van der Waals surface area contributed by atoms with E-state index in [1.807, 2.05) is 25.1 Å². The Hall–Kier alpha value is -2.32. The van der Waals surface area contributed by atoms with Crippen LogP contribution in [0, 0.1) is 18.8 Å². The third-order valence-corrected chi connectivity index (χ3v) is 6.77. The Bertz CT molecular complexity index is 970. The standard InChI is InChI=1S/C23H26ClF3N4O/c1-15-3-4-18(9-21(15)24)29-6-2-8-30-11-16-13-31(14-17(16)12-30)22(32)19-10-28-7-5-20(19)23(25,26)27/h3-5,7,9-10,16-17,29H,2,6,8,11-14H2,1H3. The molecule has 32 heavy (non-hydrogen) atoms. The van der Waals surface area contributed by atoms with Gasteiger partial charge in [0.05, 0.1) is 11.1 Å². The van der Waals surface area contributed by atoms with E-state index in [-0.39, 0.29) is 5.56 Å². The Kier molecular flexibility index (Phi) is 6.62. The number of pyridine rings is 1. The smallest absolute Gasteiger partial charge is 0.385 e. The van der Waals surface area contributed by atoms with Gasteiger partial charge in [-0.25, -0.2) is 0 Å². The lowest BCUT2D eigenvalue weighted by atomic mass is 10.0. The summed E-state index contributed by atoms with van der Waals surface area (Å²) >= 11 is 6.15. The average Bonchev–Trinajstić information content (AvgIpc) is 3.31. The van der Waals surface area contributed by atoms with Gasteiger partial charge in [0.15, 0.2) is 0 Å². The molecule has 1 amide bonds. The highest BCUT2D eigenvalue weighted by molar-refractivity contribution is 6.31. The summed E-state index contributed by atoms with van der Waals surface area (Å²) in [5.41, 5.74) is 0.769. The number of fused-ring (bicyclic) bond motifs is 1. The molecule has 3 heterocycles. The largest absolute Gasteiger partial charge is 0.417 e. The van der Waals surface area contributed by atoms with E-state index >= 15 is 0 Å². The van der Waals surface area contributed by atoms with Crippen LogP contribution in [0.2, 0.25) is 5.02 Å². The van der Waals surface area contributed by atoms with Gasteiger partial charge in [0.25, 0.3) is 5.91 Å². The number of nitrogens with zero attached hydrogens (tertiary/aromatic N) is 3. The van der Waals surface area contributed by atoms with Gasteiger partial charge >= 0.3 is 6.18 Å². The first kappa shape index (κ1) is 22.9. The fourth-order valence-electron chi connectivity index (χ4n) is 4.66. The highest BCUT2D eigenvalue weighted by Crippen LogP contribution is 2.35. The van der Waals surface area contributed by atoms with Gasteiger partial charge in [-0.1, -0.05) is 17.7 Å². The average molecular weight is 467 g/mol. The van der Waals surface area contributed by atoms with Crippen molar-refractivity contribution in [1.29, 1.82) is 0 Å². The predicted octanol–water partition coefficient (Wildman–Crippen LogP) is 4.57. The summed E-state index contributed by atoms with van der Waals surface area (Å²) in [5, 5.41) is 4.13. The summed E-state index contributed by atoms with van der Waals surface area (Å²) < 4.78 is 39.8. The number of anilines is 1. The minimum Gasteiger partial charge on any atom is -0.385 e. The van der Waals surface area contributed by atoms with E-state index in [0.29, 0.717) is 24.9 Å². The van der Waals surface area contributed by atoms with E-state index < -0.39 is 17.6 Å².